The summed E-state index contributed by atoms with van der Waals surface area (Å²) < 4.78 is 28.8. The van der Waals surface area contributed by atoms with Gasteiger partial charge in [-0.15, -0.1) is 0 Å². The second kappa shape index (κ2) is 15.9. The summed E-state index contributed by atoms with van der Waals surface area (Å²) in [6.45, 7) is 0. The molecule has 2 N–H and O–H groups in total. The zero-order chi connectivity index (χ0) is 45.6. The molecular weight excluding hydrogens is 883 g/mol. The average Bonchev–Trinajstić information content (AvgIpc) is 4.15. The first-order valence-corrected chi connectivity index (χ1v) is 23.9. The lowest BCUT2D eigenvalue weighted by molar-refractivity contribution is 0.627. The fourth-order valence-corrected chi connectivity index (χ4v) is 12.0. The lowest BCUT2D eigenvalue weighted by Gasteiger charge is -2.29. The molecule has 4 aliphatic rings. The Morgan fingerprint density at radius 2 is 0.809 bits per heavy atom. The Labute approximate surface area is 399 Å². The van der Waals surface area contributed by atoms with E-state index >= 15 is 0 Å². The Morgan fingerprint density at radius 3 is 1.25 bits per heavy atom. The monoisotopic (exact) mass is 920 g/mol. The van der Waals surface area contributed by atoms with Crippen molar-refractivity contribution < 1.29 is 8.78 Å². The van der Waals surface area contributed by atoms with Crippen molar-refractivity contribution in [2.75, 3.05) is 23.9 Å². The van der Waals surface area contributed by atoms with Crippen LogP contribution in [0.1, 0.15) is 33.9 Å². The number of halogens is 2. The number of anilines is 4. The zero-order valence-electron chi connectivity index (χ0n) is 36.7. The van der Waals surface area contributed by atoms with Gasteiger partial charge in [0, 0.05) is 78.0 Å². The number of fused-ring (bicyclic) bond motifs is 12. The van der Waals surface area contributed by atoms with Crippen LogP contribution in [0.4, 0.5) is 31.5 Å². The maximum absolute atomic E-state index is 14.4. The van der Waals surface area contributed by atoms with Crippen molar-refractivity contribution >= 4 is 91.6 Å². The molecule has 10 heteroatoms. The number of rotatable bonds is 4. The van der Waals surface area contributed by atoms with Crippen LogP contribution in [0, 0.1) is 11.6 Å². The van der Waals surface area contributed by atoms with Crippen LogP contribution in [0.3, 0.4) is 0 Å². The maximum atomic E-state index is 14.4. The third-order valence-electron chi connectivity index (χ3n) is 13.0. The third-order valence-corrected chi connectivity index (χ3v) is 15.2. The van der Waals surface area contributed by atoms with E-state index in [1.165, 1.54) is 45.4 Å². The summed E-state index contributed by atoms with van der Waals surface area (Å²) in [7, 11) is 4.23. The van der Waals surface area contributed by atoms with E-state index in [1.54, 1.807) is 47.8 Å². The molecule has 0 unspecified atom stereocenters. The molecule has 8 bridgehead atoms. The van der Waals surface area contributed by atoms with Crippen molar-refractivity contribution in [2.45, 2.75) is 19.6 Å². The van der Waals surface area contributed by atoms with E-state index in [0.717, 1.165) is 111 Å². The number of aromatic nitrogens is 4. The summed E-state index contributed by atoms with van der Waals surface area (Å²) in [5.41, 5.74) is 18.6. The molecule has 0 amide bonds. The van der Waals surface area contributed by atoms with Crippen LogP contribution < -0.4 is 9.80 Å². The van der Waals surface area contributed by atoms with Gasteiger partial charge in [-0.25, -0.2) is 18.7 Å². The first-order valence-electron chi connectivity index (χ1n) is 22.3. The Kier molecular flexibility index (Phi) is 9.42. The number of benzene rings is 6. The largest absolute Gasteiger partial charge is 0.355 e. The van der Waals surface area contributed by atoms with E-state index in [4.69, 9.17) is 9.97 Å². The minimum atomic E-state index is -0.299. The zero-order valence-corrected chi connectivity index (χ0v) is 38.3. The van der Waals surface area contributed by atoms with Crippen molar-refractivity contribution in [2.24, 2.45) is 0 Å². The second-order valence-electron chi connectivity index (χ2n) is 17.3. The summed E-state index contributed by atoms with van der Waals surface area (Å²) in [4.78, 5) is 27.3. The minimum absolute atomic E-state index is 0.299. The molecule has 0 fully saturated rings. The Hall–Kier alpha value is -7.92. The third kappa shape index (κ3) is 7.03. The Bertz CT molecular complexity index is 3560. The minimum Gasteiger partial charge on any atom is -0.355 e. The van der Waals surface area contributed by atoms with Crippen molar-refractivity contribution in [1.29, 1.82) is 0 Å². The summed E-state index contributed by atoms with van der Waals surface area (Å²) in [5, 5.41) is 0. The molecule has 4 aliphatic heterocycles. The molecule has 6 nitrogen and oxygen atoms in total. The molecule has 0 radical (unpaired) electrons. The number of para-hydroxylation sites is 2. The first kappa shape index (κ1) is 40.4. The van der Waals surface area contributed by atoms with Crippen molar-refractivity contribution in [3.05, 3.63) is 215 Å². The Balaban J connectivity index is 1.04. The molecule has 7 heterocycles. The average molecular weight is 921 g/mol. The molecular formula is C58H38F2N6S2. The summed E-state index contributed by atoms with van der Waals surface area (Å²) in [6, 6.07) is 56.0. The highest BCUT2D eigenvalue weighted by atomic mass is 32.2. The van der Waals surface area contributed by atoms with Gasteiger partial charge in [-0.2, -0.15) is 0 Å². The fraction of sp³-hybridized carbons (Fsp3) is 0.0345. The highest BCUT2D eigenvalue weighted by Crippen LogP contribution is 2.50. The van der Waals surface area contributed by atoms with Crippen LogP contribution in [0.5, 0.6) is 0 Å². The molecule has 3 aromatic heterocycles. The van der Waals surface area contributed by atoms with Crippen LogP contribution in [-0.4, -0.2) is 34.0 Å². The number of aromatic amines is 2. The quantitative estimate of drug-likeness (QED) is 0.183. The number of nitrogens with one attached hydrogen (secondary N) is 2. The van der Waals surface area contributed by atoms with Crippen LogP contribution in [-0.2, 0) is 0 Å². The molecule has 0 saturated heterocycles. The van der Waals surface area contributed by atoms with Gasteiger partial charge in [-0.1, -0.05) is 84.2 Å². The van der Waals surface area contributed by atoms with Gasteiger partial charge in [0.05, 0.1) is 45.5 Å². The molecule has 0 spiro atoms. The summed E-state index contributed by atoms with van der Waals surface area (Å²) in [5.74, 6) is -0.597. The highest BCUT2D eigenvalue weighted by Gasteiger charge is 2.24. The number of hydrogen-bond acceptors (Lipinski definition) is 6. The molecule has 68 heavy (non-hydrogen) atoms. The van der Waals surface area contributed by atoms with E-state index in [1.807, 2.05) is 0 Å². The Morgan fingerprint density at radius 1 is 0.412 bits per heavy atom. The van der Waals surface area contributed by atoms with Gasteiger partial charge >= 0.3 is 0 Å². The smallest absolute Gasteiger partial charge is 0.123 e. The van der Waals surface area contributed by atoms with Crippen molar-refractivity contribution in [3.8, 4) is 22.3 Å². The van der Waals surface area contributed by atoms with Gasteiger partial charge in [0.1, 0.15) is 11.6 Å². The summed E-state index contributed by atoms with van der Waals surface area (Å²) in [6.07, 6.45) is 4.14. The standard InChI is InChI=1S/C58H38F2N6S2/c1-65-51-7-3-5-9-55(51)67-57-23-35(15-21-53(57)65)45-27-41-29-47-44(34-13-19-38(60)20-14-34)26-40(62-47)32-50-46(36-16-22-54-58(24-36)68-56-10-6-4-8-52(56)66(54)2)28-42(64-50)30-48-43(33-11-17-37(59)18-12-33)25-39(61-48)31-49(45)63-41/h3-32,63-64H,1-2H3. The second-order valence-corrected chi connectivity index (χ2v) is 19.4. The molecule has 0 aliphatic carbocycles. The predicted molar refractivity (Wildman–Crippen MR) is 276 cm³/mol. The van der Waals surface area contributed by atoms with E-state index in [0.29, 0.717) is 0 Å². The van der Waals surface area contributed by atoms with Gasteiger partial charge in [0.15, 0.2) is 0 Å². The number of H-pyrrole nitrogens is 2. The van der Waals surface area contributed by atoms with Crippen LogP contribution in [0.15, 0.2) is 189 Å². The van der Waals surface area contributed by atoms with Crippen LogP contribution in [0.2, 0.25) is 0 Å². The van der Waals surface area contributed by atoms with Crippen LogP contribution in [0.25, 0.3) is 67.6 Å². The van der Waals surface area contributed by atoms with Crippen molar-refractivity contribution in [3.63, 3.8) is 0 Å². The predicted octanol–water partition coefficient (Wildman–Crippen LogP) is 15.6. The number of hydrogen-bond donors (Lipinski definition) is 2. The molecule has 13 rings (SSSR count). The van der Waals surface area contributed by atoms with Gasteiger partial charge in [0.2, 0.25) is 0 Å². The fourth-order valence-electron chi connectivity index (χ4n) is 9.65. The molecule has 9 aromatic rings. The van der Waals surface area contributed by atoms with E-state index < -0.39 is 0 Å². The molecule has 326 valence electrons. The lowest BCUT2D eigenvalue weighted by atomic mass is 10.0. The SMILES string of the molecule is CN1c2ccccc2Sc2cc(-c3cc4cc5nc(cc6[nH]c(cc7nc(cc3[nH]4)C=C7c3ccc(F)cc3)cc6-c3ccc4c(c3)Sc3ccccc3N4C)C=C5c3ccc(F)cc3)ccc21. The summed E-state index contributed by atoms with van der Waals surface area (Å²) >= 11 is 3.54. The lowest BCUT2D eigenvalue weighted by Crippen LogP contribution is -2.14. The molecule has 6 aromatic carbocycles. The van der Waals surface area contributed by atoms with E-state index in [-0.39, 0.29) is 11.6 Å². The maximum Gasteiger partial charge on any atom is 0.123 e. The number of nitrogens with zero attached hydrogens (tertiary/aromatic N) is 4. The highest BCUT2D eigenvalue weighted by molar-refractivity contribution is 8.00. The van der Waals surface area contributed by atoms with Gasteiger partial charge in [0.25, 0.3) is 0 Å². The van der Waals surface area contributed by atoms with Gasteiger partial charge < -0.3 is 19.8 Å². The van der Waals surface area contributed by atoms with Crippen molar-refractivity contribution in [1.82, 2.24) is 19.9 Å². The topological polar surface area (TPSA) is 63.8 Å². The normalized spacial score (nSPS) is 13.6. The van der Waals surface area contributed by atoms with E-state index in [2.05, 4.69) is 167 Å². The molecule has 0 atom stereocenters. The van der Waals surface area contributed by atoms with Gasteiger partial charge in [-0.3, -0.25) is 0 Å². The van der Waals surface area contributed by atoms with Gasteiger partial charge in [-0.05, 0) is 144 Å². The van der Waals surface area contributed by atoms with Crippen LogP contribution >= 0.6 is 23.5 Å². The molecule has 0 saturated carbocycles. The first-order chi connectivity index (χ1) is 33.2. The van der Waals surface area contributed by atoms with E-state index in [9.17, 15) is 8.78 Å².